The number of thioether (sulfide) groups is 1. The van der Waals surface area contributed by atoms with Gasteiger partial charge in [-0.05, 0) is 86.8 Å². The van der Waals surface area contributed by atoms with Gasteiger partial charge >= 0.3 is 0 Å². The lowest BCUT2D eigenvalue weighted by Crippen LogP contribution is -2.47. The van der Waals surface area contributed by atoms with Crippen LogP contribution in [-0.4, -0.2) is 31.4 Å². The minimum Gasteiger partial charge on any atom is -0.306 e. The number of carbonyl (C=O) groups excluding carboxylic acids is 1. The van der Waals surface area contributed by atoms with Crippen LogP contribution in [0, 0.1) is 23.2 Å². The first-order valence-electron chi connectivity index (χ1n) is 12.7. The van der Waals surface area contributed by atoms with Gasteiger partial charge in [0.15, 0.2) is 10.3 Å². The van der Waals surface area contributed by atoms with E-state index in [9.17, 15) is 4.79 Å². The Morgan fingerprint density at radius 2 is 1.89 bits per heavy atom. The molecule has 0 saturated heterocycles. The summed E-state index contributed by atoms with van der Waals surface area (Å²) in [7, 11) is 0. The highest BCUT2D eigenvalue weighted by Gasteiger charge is 2.51. The van der Waals surface area contributed by atoms with Crippen LogP contribution in [0.5, 0.6) is 0 Å². The highest BCUT2D eigenvalue weighted by Crippen LogP contribution is 2.61. The van der Waals surface area contributed by atoms with E-state index in [2.05, 4.69) is 32.0 Å². The van der Waals surface area contributed by atoms with Gasteiger partial charge in [-0.2, -0.15) is 0 Å². The molecule has 1 amide bonds. The average Bonchev–Trinajstić information content (AvgIpc) is 3.43. The highest BCUT2D eigenvalue weighted by atomic mass is 35.5. The molecule has 4 fully saturated rings. The number of hydrogen-bond donors (Lipinski definition) is 1. The minimum absolute atomic E-state index is 0.114. The van der Waals surface area contributed by atoms with Crippen molar-refractivity contribution in [2.45, 2.75) is 63.6 Å². The smallest absolute Gasteiger partial charge is 0.236 e. The molecule has 190 valence electrons. The van der Waals surface area contributed by atoms with Gasteiger partial charge in [0.1, 0.15) is 5.82 Å². The number of aromatic nitrogens is 4. The lowest BCUT2D eigenvalue weighted by Gasteiger charge is -2.56. The molecule has 4 saturated carbocycles. The van der Waals surface area contributed by atoms with E-state index in [0.29, 0.717) is 26.3 Å². The molecular formula is C26H29Cl2N5OS2. The summed E-state index contributed by atoms with van der Waals surface area (Å²) in [6.07, 6.45) is 9.45. The third-order valence-electron chi connectivity index (χ3n) is 8.10. The second kappa shape index (κ2) is 9.93. The fourth-order valence-electron chi connectivity index (χ4n) is 7.15. The van der Waals surface area contributed by atoms with E-state index in [0.717, 1.165) is 47.3 Å². The van der Waals surface area contributed by atoms with Crippen molar-refractivity contribution in [3.63, 3.8) is 0 Å². The summed E-state index contributed by atoms with van der Waals surface area (Å²) in [5, 5.41) is 16.3. The quantitative estimate of drug-likeness (QED) is 0.294. The second-order valence-electron chi connectivity index (χ2n) is 10.7. The van der Waals surface area contributed by atoms with Gasteiger partial charge in [0.25, 0.3) is 0 Å². The Hall–Kier alpha value is -1.61. The van der Waals surface area contributed by atoms with Crippen LogP contribution in [-0.2, 0) is 17.8 Å². The van der Waals surface area contributed by atoms with Crippen molar-refractivity contribution in [1.82, 2.24) is 19.7 Å². The lowest BCUT2D eigenvalue weighted by molar-refractivity contribution is -0.113. The van der Waals surface area contributed by atoms with Gasteiger partial charge in [0.2, 0.25) is 5.91 Å². The Bertz CT molecular complexity index is 1250. The molecule has 4 aliphatic rings. The molecule has 6 nitrogen and oxygen atoms in total. The zero-order valence-electron chi connectivity index (χ0n) is 20.2. The minimum atomic E-state index is -0.114. The SMILES string of the molecule is CCn1c(CC23CC4CC(CC(C4)C2)C3)nnc1SCC(=O)Nc1nc(-c2ccc(Cl)cc2Cl)cs1. The van der Waals surface area contributed by atoms with Crippen molar-refractivity contribution >= 4 is 57.3 Å². The fourth-order valence-corrected chi connectivity index (χ4v) is 9.21. The first-order chi connectivity index (χ1) is 17.4. The van der Waals surface area contributed by atoms with Gasteiger partial charge < -0.3 is 9.88 Å². The summed E-state index contributed by atoms with van der Waals surface area (Å²) < 4.78 is 2.21. The Balaban J connectivity index is 1.08. The standard InChI is InChI=1S/C26H29Cl2N5OS2/c1-2-33-22(12-26-9-15-5-16(10-26)7-17(6-15)11-26)31-32-25(33)36-14-23(34)30-24-29-21(13-35-24)19-4-3-18(27)8-20(19)28/h3-4,8,13,15-17H,2,5-7,9-12,14H2,1H3,(H,29,30,34). The Labute approximate surface area is 229 Å². The maximum absolute atomic E-state index is 12.7. The van der Waals surface area contributed by atoms with Gasteiger partial charge in [0, 0.05) is 28.9 Å². The summed E-state index contributed by atoms with van der Waals surface area (Å²) >= 11 is 15.1. The second-order valence-corrected chi connectivity index (χ2v) is 13.4. The number of halogens is 2. The summed E-state index contributed by atoms with van der Waals surface area (Å²) in [5.41, 5.74) is 1.92. The molecule has 4 bridgehead atoms. The molecule has 0 unspecified atom stereocenters. The van der Waals surface area contributed by atoms with Crippen molar-refractivity contribution in [2.75, 3.05) is 11.1 Å². The average molecular weight is 563 g/mol. The van der Waals surface area contributed by atoms with Crippen LogP contribution in [0.15, 0.2) is 28.7 Å². The highest BCUT2D eigenvalue weighted by molar-refractivity contribution is 7.99. The molecule has 2 heterocycles. The van der Waals surface area contributed by atoms with Crippen molar-refractivity contribution in [2.24, 2.45) is 23.2 Å². The van der Waals surface area contributed by atoms with Crippen LogP contribution in [0.1, 0.15) is 51.3 Å². The number of nitrogens with one attached hydrogen (secondary N) is 1. The molecule has 10 heteroatoms. The number of benzene rings is 1. The van der Waals surface area contributed by atoms with Gasteiger partial charge in [-0.15, -0.1) is 21.5 Å². The Kier molecular flexibility index (Phi) is 6.82. The number of nitrogens with zero attached hydrogens (tertiary/aromatic N) is 4. The van der Waals surface area contributed by atoms with Crippen molar-refractivity contribution in [3.05, 3.63) is 39.4 Å². The number of rotatable bonds is 8. The molecule has 0 atom stereocenters. The van der Waals surface area contributed by atoms with Crippen LogP contribution < -0.4 is 5.32 Å². The van der Waals surface area contributed by atoms with Gasteiger partial charge in [-0.3, -0.25) is 4.79 Å². The number of carbonyl (C=O) groups is 1. The monoisotopic (exact) mass is 561 g/mol. The molecule has 0 spiro atoms. The zero-order chi connectivity index (χ0) is 24.9. The van der Waals surface area contributed by atoms with Crippen molar-refractivity contribution in [3.8, 4) is 11.3 Å². The first kappa shape index (κ1) is 24.7. The lowest BCUT2D eigenvalue weighted by atomic mass is 9.49. The van der Waals surface area contributed by atoms with Crippen LogP contribution in [0.2, 0.25) is 10.0 Å². The third-order valence-corrected chi connectivity index (χ3v) is 10.4. The van der Waals surface area contributed by atoms with Crippen LogP contribution in [0.4, 0.5) is 5.13 Å². The summed E-state index contributed by atoms with van der Waals surface area (Å²) in [5.74, 6) is 4.01. The van der Waals surface area contributed by atoms with E-state index in [1.54, 1.807) is 12.1 Å². The maximum Gasteiger partial charge on any atom is 0.236 e. The molecule has 1 aromatic carbocycles. The number of amides is 1. The van der Waals surface area contributed by atoms with E-state index in [1.165, 1.54) is 61.6 Å². The molecular weight excluding hydrogens is 533 g/mol. The molecule has 3 aromatic rings. The summed E-state index contributed by atoms with van der Waals surface area (Å²) in [6.45, 7) is 2.95. The van der Waals surface area contributed by atoms with E-state index in [4.69, 9.17) is 23.2 Å². The van der Waals surface area contributed by atoms with Gasteiger partial charge in [-0.25, -0.2) is 4.98 Å². The zero-order valence-corrected chi connectivity index (χ0v) is 23.3. The molecule has 36 heavy (non-hydrogen) atoms. The maximum atomic E-state index is 12.7. The molecule has 4 aliphatic carbocycles. The third kappa shape index (κ3) is 4.94. The largest absolute Gasteiger partial charge is 0.306 e. The summed E-state index contributed by atoms with van der Waals surface area (Å²) in [6, 6.07) is 5.30. The summed E-state index contributed by atoms with van der Waals surface area (Å²) in [4.78, 5) is 17.2. The van der Waals surface area contributed by atoms with Gasteiger partial charge in [-0.1, -0.05) is 35.0 Å². The molecule has 0 radical (unpaired) electrons. The topological polar surface area (TPSA) is 72.7 Å². The molecule has 7 rings (SSSR count). The fraction of sp³-hybridized carbons (Fsp3) is 0.538. The molecule has 0 aliphatic heterocycles. The van der Waals surface area contributed by atoms with E-state index < -0.39 is 0 Å². The predicted molar refractivity (Wildman–Crippen MR) is 147 cm³/mol. The molecule has 1 N–H and O–H groups in total. The van der Waals surface area contributed by atoms with E-state index in [-0.39, 0.29) is 11.7 Å². The van der Waals surface area contributed by atoms with E-state index >= 15 is 0 Å². The first-order valence-corrected chi connectivity index (χ1v) is 15.3. The van der Waals surface area contributed by atoms with Gasteiger partial charge in [0.05, 0.1) is 16.5 Å². The van der Waals surface area contributed by atoms with Crippen LogP contribution in [0.25, 0.3) is 11.3 Å². The van der Waals surface area contributed by atoms with E-state index in [1.807, 2.05) is 11.4 Å². The predicted octanol–water partition coefficient (Wildman–Crippen LogP) is 7.22. The number of hydrogen-bond acceptors (Lipinski definition) is 6. The Morgan fingerprint density at radius 1 is 1.17 bits per heavy atom. The normalized spacial score (nSPS) is 26.5. The Morgan fingerprint density at radius 3 is 2.56 bits per heavy atom. The molecule has 2 aromatic heterocycles. The van der Waals surface area contributed by atoms with Crippen molar-refractivity contribution < 1.29 is 4.79 Å². The van der Waals surface area contributed by atoms with Crippen LogP contribution in [0.3, 0.4) is 0 Å². The van der Waals surface area contributed by atoms with Crippen LogP contribution >= 0.6 is 46.3 Å². The van der Waals surface area contributed by atoms with Crippen molar-refractivity contribution in [1.29, 1.82) is 0 Å². The number of thiazole rings is 1. The number of anilines is 1.